The van der Waals surface area contributed by atoms with Crippen molar-refractivity contribution in [3.8, 4) is 5.75 Å². The minimum absolute atomic E-state index is 0.284. The normalized spacial score (nSPS) is 10.5. The van der Waals surface area contributed by atoms with Crippen molar-refractivity contribution in [3.63, 3.8) is 0 Å². The third kappa shape index (κ3) is 5.81. The van der Waals surface area contributed by atoms with E-state index in [1.807, 2.05) is 42.5 Å². The molecule has 28 heavy (non-hydrogen) atoms. The fraction of sp³-hybridized carbons (Fsp3) is 0.227. The number of hydrogen-bond acceptors (Lipinski definition) is 5. The Hall–Kier alpha value is -3.41. The number of amides is 1. The Labute approximate surface area is 165 Å². The van der Waals surface area contributed by atoms with Gasteiger partial charge in [0.1, 0.15) is 30.2 Å². The zero-order valence-electron chi connectivity index (χ0n) is 16.1. The molecule has 0 saturated heterocycles. The SMILES string of the molecule is CC(C)CNc1cc(C(=O)Nc2ccc(OCc3ccccc3)cc2)ncn1. The Morgan fingerprint density at radius 2 is 1.79 bits per heavy atom. The molecule has 0 atom stereocenters. The van der Waals surface area contributed by atoms with Gasteiger partial charge in [0.2, 0.25) is 0 Å². The molecule has 6 nitrogen and oxygen atoms in total. The van der Waals surface area contributed by atoms with E-state index in [-0.39, 0.29) is 5.91 Å². The summed E-state index contributed by atoms with van der Waals surface area (Å²) in [6.45, 7) is 5.49. The van der Waals surface area contributed by atoms with Crippen LogP contribution < -0.4 is 15.4 Å². The van der Waals surface area contributed by atoms with E-state index in [0.717, 1.165) is 17.9 Å². The molecule has 0 saturated carbocycles. The zero-order chi connectivity index (χ0) is 19.8. The maximum Gasteiger partial charge on any atom is 0.274 e. The second-order valence-electron chi connectivity index (χ2n) is 6.82. The number of benzene rings is 2. The van der Waals surface area contributed by atoms with Gasteiger partial charge in [-0.15, -0.1) is 0 Å². The van der Waals surface area contributed by atoms with Crippen molar-refractivity contribution < 1.29 is 9.53 Å². The molecule has 144 valence electrons. The van der Waals surface area contributed by atoms with E-state index in [9.17, 15) is 4.79 Å². The van der Waals surface area contributed by atoms with Gasteiger partial charge in [-0.25, -0.2) is 9.97 Å². The third-order valence-electron chi connectivity index (χ3n) is 3.95. The summed E-state index contributed by atoms with van der Waals surface area (Å²) in [6.07, 6.45) is 1.39. The van der Waals surface area contributed by atoms with Crippen LogP contribution in [0, 0.1) is 5.92 Å². The van der Waals surface area contributed by atoms with Crippen molar-refractivity contribution >= 4 is 17.4 Å². The molecule has 0 radical (unpaired) electrons. The Bertz CT molecular complexity index is 896. The van der Waals surface area contributed by atoms with Crippen LogP contribution in [0.25, 0.3) is 0 Å². The van der Waals surface area contributed by atoms with Crippen LogP contribution in [0.3, 0.4) is 0 Å². The highest BCUT2D eigenvalue weighted by atomic mass is 16.5. The zero-order valence-corrected chi connectivity index (χ0v) is 16.1. The highest BCUT2D eigenvalue weighted by Crippen LogP contribution is 2.18. The van der Waals surface area contributed by atoms with Gasteiger partial charge in [0, 0.05) is 18.3 Å². The van der Waals surface area contributed by atoms with Crippen LogP contribution in [-0.2, 0) is 6.61 Å². The van der Waals surface area contributed by atoms with Crippen LogP contribution >= 0.6 is 0 Å². The first-order chi connectivity index (χ1) is 13.6. The monoisotopic (exact) mass is 376 g/mol. The highest BCUT2D eigenvalue weighted by Gasteiger charge is 2.09. The van der Waals surface area contributed by atoms with Crippen molar-refractivity contribution in [1.82, 2.24) is 9.97 Å². The van der Waals surface area contributed by atoms with E-state index in [1.165, 1.54) is 6.33 Å². The Morgan fingerprint density at radius 1 is 1.04 bits per heavy atom. The van der Waals surface area contributed by atoms with Crippen molar-refractivity contribution in [2.24, 2.45) is 5.92 Å². The lowest BCUT2D eigenvalue weighted by Crippen LogP contribution is -2.15. The summed E-state index contributed by atoms with van der Waals surface area (Å²) in [7, 11) is 0. The van der Waals surface area contributed by atoms with Gasteiger partial charge >= 0.3 is 0 Å². The second kappa shape index (κ2) is 9.50. The van der Waals surface area contributed by atoms with Gasteiger partial charge in [-0.2, -0.15) is 0 Å². The van der Waals surface area contributed by atoms with E-state index < -0.39 is 0 Å². The summed E-state index contributed by atoms with van der Waals surface area (Å²) < 4.78 is 5.76. The predicted octanol–water partition coefficient (Wildman–Crippen LogP) is 4.38. The minimum Gasteiger partial charge on any atom is -0.489 e. The molecule has 1 aromatic heterocycles. The molecule has 0 spiro atoms. The van der Waals surface area contributed by atoms with E-state index in [4.69, 9.17) is 4.74 Å². The molecule has 6 heteroatoms. The Balaban J connectivity index is 1.56. The van der Waals surface area contributed by atoms with Gasteiger partial charge in [-0.05, 0) is 35.7 Å². The van der Waals surface area contributed by atoms with Crippen molar-refractivity contribution in [2.45, 2.75) is 20.5 Å². The molecule has 0 aliphatic heterocycles. The van der Waals surface area contributed by atoms with Crippen LogP contribution in [0.15, 0.2) is 67.0 Å². The molecular weight excluding hydrogens is 352 g/mol. The lowest BCUT2D eigenvalue weighted by Gasteiger charge is -2.10. The topological polar surface area (TPSA) is 76.1 Å². The first-order valence-electron chi connectivity index (χ1n) is 9.24. The Kier molecular flexibility index (Phi) is 6.57. The molecule has 0 unspecified atom stereocenters. The molecular formula is C22H24N4O2. The molecule has 3 aromatic rings. The van der Waals surface area contributed by atoms with Crippen molar-refractivity contribution in [3.05, 3.63) is 78.2 Å². The lowest BCUT2D eigenvalue weighted by molar-refractivity contribution is 0.102. The Morgan fingerprint density at radius 3 is 2.50 bits per heavy atom. The number of carbonyl (C=O) groups excluding carboxylic acids is 1. The lowest BCUT2D eigenvalue weighted by atomic mass is 10.2. The summed E-state index contributed by atoms with van der Waals surface area (Å²) >= 11 is 0. The second-order valence-corrected chi connectivity index (χ2v) is 6.82. The molecule has 1 amide bonds. The number of hydrogen-bond donors (Lipinski definition) is 2. The molecule has 0 aliphatic carbocycles. The van der Waals surface area contributed by atoms with E-state index in [1.54, 1.807) is 18.2 Å². The van der Waals surface area contributed by atoms with Crippen molar-refractivity contribution in [2.75, 3.05) is 17.2 Å². The number of carbonyl (C=O) groups is 1. The van der Waals surface area contributed by atoms with Crippen LogP contribution in [0.4, 0.5) is 11.5 Å². The predicted molar refractivity (Wildman–Crippen MR) is 111 cm³/mol. The summed E-state index contributed by atoms with van der Waals surface area (Å²) in [5, 5.41) is 6.03. The minimum atomic E-state index is -0.284. The first kappa shape index (κ1) is 19.4. The van der Waals surface area contributed by atoms with Gasteiger partial charge in [-0.3, -0.25) is 4.79 Å². The fourth-order valence-electron chi connectivity index (χ4n) is 2.46. The van der Waals surface area contributed by atoms with Crippen LogP contribution in [0.2, 0.25) is 0 Å². The van der Waals surface area contributed by atoms with Gasteiger partial charge in [0.15, 0.2) is 0 Å². The largest absolute Gasteiger partial charge is 0.489 e. The third-order valence-corrected chi connectivity index (χ3v) is 3.95. The number of rotatable bonds is 8. The first-order valence-corrected chi connectivity index (χ1v) is 9.24. The number of nitrogens with one attached hydrogen (secondary N) is 2. The van der Waals surface area contributed by atoms with E-state index in [0.29, 0.717) is 29.7 Å². The molecule has 0 fully saturated rings. The van der Waals surface area contributed by atoms with Gasteiger partial charge in [0.05, 0.1) is 0 Å². The smallest absolute Gasteiger partial charge is 0.274 e. The quantitative estimate of drug-likeness (QED) is 0.610. The number of aromatic nitrogens is 2. The molecule has 1 heterocycles. The molecule has 2 aromatic carbocycles. The van der Waals surface area contributed by atoms with Crippen molar-refractivity contribution in [1.29, 1.82) is 0 Å². The number of nitrogens with zero attached hydrogens (tertiary/aromatic N) is 2. The standard InChI is InChI=1S/C22H24N4O2/c1-16(2)13-23-21-12-20(24-15-25-21)22(27)26-18-8-10-19(11-9-18)28-14-17-6-4-3-5-7-17/h3-12,15-16H,13-14H2,1-2H3,(H,26,27)(H,23,24,25). The summed E-state index contributed by atoms with van der Waals surface area (Å²) in [4.78, 5) is 20.6. The van der Waals surface area contributed by atoms with Gasteiger partial charge < -0.3 is 15.4 Å². The average molecular weight is 376 g/mol. The van der Waals surface area contributed by atoms with Crippen LogP contribution in [0.5, 0.6) is 5.75 Å². The summed E-state index contributed by atoms with van der Waals surface area (Å²) in [6, 6.07) is 18.9. The average Bonchev–Trinajstić information content (AvgIpc) is 2.73. The number of ether oxygens (including phenoxy) is 1. The molecule has 0 aliphatic rings. The van der Waals surface area contributed by atoms with Crippen LogP contribution in [-0.4, -0.2) is 22.4 Å². The fourth-order valence-corrected chi connectivity index (χ4v) is 2.46. The van der Waals surface area contributed by atoms with Gasteiger partial charge in [-0.1, -0.05) is 44.2 Å². The highest BCUT2D eigenvalue weighted by molar-refractivity contribution is 6.03. The number of anilines is 2. The summed E-state index contributed by atoms with van der Waals surface area (Å²) in [5.41, 5.74) is 2.09. The van der Waals surface area contributed by atoms with Crippen LogP contribution in [0.1, 0.15) is 29.9 Å². The van der Waals surface area contributed by atoms with E-state index in [2.05, 4.69) is 34.4 Å². The maximum absolute atomic E-state index is 12.4. The maximum atomic E-state index is 12.4. The molecule has 3 rings (SSSR count). The van der Waals surface area contributed by atoms with Gasteiger partial charge in [0.25, 0.3) is 5.91 Å². The molecule has 0 bridgehead atoms. The molecule has 2 N–H and O–H groups in total. The summed E-state index contributed by atoms with van der Waals surface area (Å²) in [5.74, 6) is 1.57. The van der Waals surface area contributed by atoms with E-state index >= 15 is 0 Å².